The standard InChI is InChI=1S/C24H37N3O3/c1-17(2)15-20(22(28)30-5)25-23(29)26-13-11-24(12-14-26)16-27(18(3)4)21(24)19-9-7-6-8-10-19/h6-10,17-18,20-21H,11-16H2,1-5H3,(H,25,29). The number of hydrogen-bond acceptors (Lipinski definition) is 4. The number of nitrogens with zero attached hydrogens (tertiary/aromatic N) is 2. The lowest BCUT2D eigenvalue weighted by atomic mass is 9.62. The van der Waals surface area contributed by atoms with Crippen LogP contribution < -0.4 is 5.32 Å². The molecule has 1 N–H and O–H groups in total. The van der Waals surface area contributed by atoms with Gasteiger partial charge in [0.05, 0.1) is 7.11 Å². The summed E-state index contributed by atoms with van der Waals surface area (Å²) in [6.45, 7) is 11.1. The summed E-state index contributed by atoms with van der Waals surface area (Å²) in [7, 11) is 1.37. The highest BCUT2D eigenvalue weighted by molar-refractivity contribution is 5.83. The first-order chi connectivity index (χ1) is 14.3. The van der Waals surface area contributed by atoms with Gasteiger partial charge < -0.3 is 15.0 Å². The van der Waals surface area contributed by atoms with E-state index in [0.717, 1.165) is 32.5 Å². The van der Waals surface area contributed by atoms with E-state index < -0.39 is 6.04 Å². The summed E-state index contributed by atoms with van der Waals surface area (Å²) in [6.07, 6.45) is 2.54. The molecular weight excluding hydrogens is 378 g/mol. The van der Waals surface area contributed by atoms with E-state index in [1.54, 1.807) is 0 Å². The largest absolute Gasteiger partial charge is 0.467 e. The molecule has 1 aromatic carbocycles. The number of likely N-dealkylation sites (tertiary alicyclic amines) is 2. The smallest absolute Gasteiger partial charge is 0.328 e. The number of carbonyl (C=O) groups is 2. The van der Waals surface area contributed by atoms with E-state index in [0.29, 0.717) is 24.4 Å². The summed E-state index contributed by atoms with van der Waals surface area (Å²) in [5.41, 5.74) is 1.60. The highest BCUT2D eigenvalue weighted by Gasteiger charge is 2.54. The highest BCUT2D eigenvalue weighted by atomic mass is 16.5. The Morgan fingerprint density at radius 1 is 1.13 bits per heavy atom. The summed E-state index contributed by atoms with van der Waals surface area (Å²) in [6, 6.07) is 10.9. The van der Waals surface area contributed by atoms with Gasteiger partial charge in [-0.15, -0.1) is 0 Å². The molecule has 2 atom stereocenters. The molecule has 2 fully saturated rings. The van der Waals surface area contributed by atoms with Crippen LogP contribution in [0.3, 0.4) is 0 Å². The van der Waals surface area contributed by atoms with Crippen molar-refractivity contribution in [3.05, 3.63) is 35.9 Å². The van der Waals surface area contributed by atoms with Crippen molar-refractivity contribution in [3.8, 4) is 0 Å². The number of piperidine rings is 1. The second-order valence-corrected chi connectivity index (χ2v) is 9.58. The van der Waals surface area contributed by atoms with Crippen molar-refractivity contribution in [1.82, 2.24) is 15.1 Å². The fourth-order valence-electron chi connectivity index (χ4n) is 5.10. The molecule has 166 valence electrons. The summed E-state index contributed by atoms with van der Waals surface area (Å²) in [4.78, 5) is 29.3. The van der Waals surface area contributed by atoms with Crippen LogP contribution in [0.1, 0.15) is 58.6 Å². The number of esters is 1. The fraction of sp³-hybridized carbons (Fsp3) is 0.667. The molecular formula is C24H37N3O3. The zero-order chi connectivity index (χ0) is 21.9. The SMILES string of the molecule is COC(=O)C(CC(C)C)NC(=O)N1CCC2(CC1)CN(C(C)C)C2c1ccccc1. The molecule has 1 spiro atoms. The predicted molar refractivity (Wildman–Crippen MR) is 118 cm³/mol. The van der Waals surface area contributed by atoms with Crippen LogP contribution in [0.5, 0.6) is 0 Å². The van der Waals surface area contributed by atoms with Crippen molar-refractivity contribution in [2.45, 2.75) is 65.1 Å². The van der Waals surface area contributed by atoms with E-state index in [4.69, 9.17) is 4.74 Å². The maximum Gasteiger partial charge on any atom is 0.328 e. The van der Waals surface area contributed by atoms with Crippen LogP contribution in [0.15, 0.2) is 30.3 Å². The molecule has 0 aliphatic carbocycles. The topological polar surface area (TPSA) is 61.9 Å². The first-order valence-corrected chi connectivity index (χ1v) is 11.2. The second-order valence-electron chi connectivity index (χ2n) is 9.58. The Hall–Kier alpha value is -2.08. The Morgan fingerprint density at radius 2 is 1.77 bits per heavy atom. The van der Waals surface area contributed by atoms with Gasteiger partial charge in [0.15, 0.2) is 0 Å². The molecule has 2 unspecified atom stereocenters. The van der Waals surface area contributed by atoms with Gasteiger partial charge in [-0.2, -0.15) is 0 Å². The molecule has 2 amide bonds. The Balaban J connectivity index is 1.64. The number of carbonyl (C=O) groups excluding carboxylic acids is 2. The molecule has 2 aliphatic heterocycles. The number of rotatable bonds is 6. The third-order valence-corrected chi connectivity index (χ3v) is 6.72. The van der Waals surface area contributed by atoms with Crippen molar-refractivity contribution in [2.75, 3.05) is 26.7 Å². The monoisotopic (exact) mass is 415 g/mol. The van der Waals surface area contributed by atoms with Crippen LogP contribution in [0, 0.1) is 11.3 Å². The van der Waals surface area contributed by atoms with E-state index in [1.807, 2.05) is 18.7 Å². The van der Waals surface area contributed by atoms with Crippen molar-refractivity contribution < 1.29 is 14.3 Å². The van der Waals surface area contributed by atoms with Gasteiger partial charge in [-0.25, -0.2) is 9.59 Å². The third-order valence-electron chi connectivity index (χ3n) is 6.72. The van der Waals surface area contributed by atoms with Gasteiger partial charge >= 0.3 is 12.0 Å². The van der Waals surface area contributed by atoms with E-state index in [-0.39, 0.29) is 17.4 Å². The molecule has 30 heavy (non-hydrogen) atoms. The lowest BCUT2D eigenvalue weighted by molar-refractivity contribution is -0.143. The fourth-order valence-corrected chi connectivity index (χ4v) is 5.10. The Labute approximate surface area is 180 Å². The van der Waals surface area contributed by atoms with Crippen molar-refractivity contribution in [1.29, 1.82) is 0 Å². The number of methoxy groups -OCH3 is 1. The first kappa shape index (κ1) is 22.6. The van der Waals surface area contributed by atoms with E-state index in [2.05, 4.69) is 54.4 Å². The number of benzene rings is 1. The summed E-state index contributed by atoms with van der Waals surface area (Å²) in [5.74, 6) is -0.0797. The van der Waals surface area contributed by atoms with E-state index in [9.17, 15) is 9.59 Å². The Morgan fingerprint density at radius 3 is 2.30 bits per heavy atom. The summed E-state index contributed by atoms with van der Waals surface area (Å²) in [5, 5.41) is 2.90. The molecule has 3 rings (SSSR count). The maximum atomic E-state index is 12.8. The highest BCUT2D eigenvalue weighted by Crippen LogP contribution is 2.55. The maximum absolute atomic E-state index is 12.8. The van der Waals surface area contributed by atoms with Gasteiger partial charge in [-0.3, -0.25) is 4.90 Å². The zero-order valence-corrected chi connectivity index (χ0v) is 19.1. The molecule has 2 saturated heterocycles. The average molecular weight is 416 g/mol. The van der Waals surface area contributed by atoms with Crippen molar-refractivity contribution in [2.24, 2.45) is 11.3 Å². The number of amides is 2. The lowest BCUT2D eigenvalue weighted by Crippen LogP contribution is -2.64. The van der Waals surface area contributed by atoms with Gasteiger partial charge in [-0.05, 0) is 44.6 Å². The lowest BCUT2D eigenvalue weighted by Gasteiger charge is -2.62. The minimum atomic E-state index is -0.587. The van der Waals surface area contributed by atoms with Crippen LogP contribution in [-0.4, -0.2) is 60.6 Å². The number of nitrogens with one attached hydrogen (secondary N) is 1. The van der Waals surface area contributed by atoms with E-state index >= 15 is 0 Å². The molecule has 0 bridgehead atoms. The van der Waals surface area contributed by atoms with Crippen LogP contribution >= 0.6 is 0 Å². The van der Waals surface area contributed by atoms with Gasteiger partial charge in [0.2, 0.25) is 0 Å². The quantitative estimate of drug-likeness (QED) is 0.718. The van der Waals surface area contributed by atoms with Gasteiger partial charge in [-0.1, -0.05) is 44.2 Å². The molecule has 0 radical (unpaired) electrons. The summed E-state index contributed by atoms with van der Waals surface area (Å²) >= 11 is 0. The molecule has 2 aliphatic rings. The molecule has 0 saturated carbocycles. The predicted octanol–water partition coefficient (Wildman–Crippen LogP) is 3.83. The zero-order valence-electron chi connectivity index (χ0n) is 19.1. The second kappa shape index (κ2) is 9.38. The molecule has 1 aromatic rings. The van der Waals surface area contributed by atoms with Gasteiger partial charge in [0.25, 0.3) is 0 Å². The molecule has 6 nitrogen and oxygen atoms in total. The Bertz CT molecular complexity index is 726. The van der Waals surface area contributed by atoms with Crippen LogP contribution in [0.4, 0.5) is 4.79 Å². The third kappa shape index (κ3) is 4.64. The van der Waals surface area contributed by atoms with E-state index in [1.165, 1.54) is 12.7 Å². The first-order valence-electron chi connectivity index (χ1n) is 11.2. The van der Waals surface area contributed by atoms with Crippen molar-refractivity contribution in [3.63, 3.8) is 0 Å². The average Bonchev–Trinajstić information content (AvgIpc) is 2.71. The number of ether oxygens (including phenoxy) is 1. The van der Waals surface area contributed by atoms with Crippen molar-refractivity contribution >= 4 is 12.0 Å². The minimum absolute atomic E-state index is 0.155. The normalized spacial score (nSPS) is 22.1. The number of hydrogen-bond donors (Lipinski definition) is 1. The minimum Gasteiger partial charge on any atom is -0.467 e. The molecule has 6 heteroatoms. The summed E-state index contributed by atoms with van der Waals surface area (Å²) < 4.78 is 4.88. The Kier molecular flexibility index (Phi) is 7.06. The van der Waals surface area contributed by atoms with Gasteiger partial charge in [0.1, 0.15) is 6.04 Å². The number of urea groups is 1. The molecule has 2 heterocycles. The van der Waals surface area contributed by atoms with Crippen LogP contribution in [-0.2, 0) is 9.53 Å². The van der Waals surface area contributed by atoms with Crippen LogP contribution in [0.2, 0.25) is 0 Å². The van der Waals surface area contributed by atoms with Crippen LogP contribution in [0.25, 0.3) is 0 Å². The van der Waals surface area contributed by atoms with Gasteiger partial charge in [0, 0.05) is 37.1 Å². The molecule has 0 aromatic heterocycles.